The first-order valence-corrected chi connectivity index (χ1v) is 12.2. The van der Waals surface area contributed by atoms with Gasteiger partial charge in [0.25, 0.3) is 0 Å². The fourth-order valence-corrected chi connectivity index (χ4v) is 7.31. The summed E-state index contributed by atoms with van der Waals surface area (Å²) < 4.78 is 21.4. The molecular formula is C28H23O2P. The van der Waals surface area contributed by atoms with Gasteiger partial charge in [0.2, 0.25) is 0 Å². The van der Waals surface area contributed by atoms with Crippen LogP contribution in [-0.4, -0.2) is 0 Å². The molecule has 3 heteroatoms. The molecule has 1 atom stereocenters. The second kappa shape index (κ2) is 8.06. The Morgan fingerprint density at radius 1 is 0.710 bits per heavy atom. The summed E-state index contributed by atoms with van der Waals surface area (Å²) in [6, 6.07) is 35.9. The van der Waals surface area contributed by atoms with Gasteiger partial charge in [0.1, 0.15) is 11.5 Å². The van der Waals surface area contributed by atoms with Gasteiger partial charge in [0.15, 0.2) is 7.14 Å². The van der Waals surface area contributed by atoms with Crippen LogP contribution in [0, 0.1) is 6.92 Å². The van der Waals surface area contributed by atoms with E-state index in [0.717, 1.165) is 38.8 Å². The van der Waals surface area contributed by atoms with Gasteiger partial charge in [-0.3, -0.25) is 0 Å². The van der Waals surface area contributed by atoms with Crippen LogP contribution in [0.4, 0.5) is 0 Å². The predicted molar refractivity (Wildman–Crippen MR) is 129 cm³/mol. The molecule has 1 aliphatic heterocycles. The Morgan fingerprint density at radius 3 is 1.84 bits per heavy atom. The van der Waals surface area contributed by atoms with Crippen molar-refractivity contribution in [3.8, 4) is 5.75 Å². The predicted octanol–water partition coefficient (Wildman–Crippen LogP) is 6.48. The van der Waals surface area contributed by atoms with Gasteiger partial charge in [-0.1, -0.05) is 103 Å². The Morgan fingerprint density at radius 2 is 1.26 bits per heavy atom. The lowest BCUT2D eigenvalue weighted by atomic mass is 10.0. The fourth-order valence-electron chi connectivity index (χ4n) is 4.19. The third-order valence-corrected chi connectivity index (χ3v) is 9.09. The molecule has 31 heavy (non-hydrogen) atoms. The zero-order valence-electron chi connectivity index (χ0n) is 17.3. The summed E-state index contributed by atoms with van der Waals surface area (Å²) >= 11 is 0. The molecule has 5 rings (SSSR count). The first-order valence-electron chi connectivity index (χ1n) is 10.4. The Hall–Kier alpha value is -3.35. The lowest BCUT2D eigenvalue weighted by molar-refractivity contribution is 0.494. The van der Waals surface area contributed by atoms with E-state index in [2.05, 4.69) is 12.1 Å². The topological polar surface area (TPSA) is 26.3 Å². The molecule has 0 amide bonds. The first-order chi connectivity index (χ1) is 15.2. The van der Waals surface area contributed by atoms with Crippen LogP contribution in [0.1, 0.15) is 22.3 Å². The number of ether oxygens (including phenoxy) is 1. The van der Waals surface area contributed by atoms with Crippen LogP contribution in [0.25, 0.3) is 5.76 Å². The zero-order chi connectivity index (χ0) is 21.3. The Bertz CT molecular complexity index is 1240. The van der Waals surface area contributed by atoms with Gasteiger partial charge >= 0.3 is 0 Å². The summed E-state index contributed by atoms with van der Waals surface area (Å²) in [6.45, 7) is 2.05. The molecule has 0 spiro atoms. The van der Waals surface area contributed by atoms with Gasteiger partial charge in [-0.2, -0.15) is 0 Å². The minimum Gasteiger partial charge on any atom is -0.457 e. The normalized spacial score (nSPS) is 15.5. The smallest absolute Gasteiger partial charge is 0.154 e. The highest BCUT2D eigenvalue weighted by atomic mass is 31.2. The van der Waals surface area contributed by atoms with E-state index in [1.165, 1.54) is 0 Å². The second-order valence-electron chi connectivity index (χ2n) is 7.81. The molecule has 0 radical (unpaired) electrons. The molecule has 0 N–H and O–H groups in total. The summed E-state index contributed by atoms with van der Waals surface area (Å²) in [5.41, 5.74) is 2.73. The van der Waals surface area contributed by atoms with Crippen molar-refractivity contribution < 1.29 is 9.30 Å². The van der Waals surface area contributed by atoms with E-state index in [1.807, 2.05) is 110 Å². The van der Waals surface area contributed by atoms with Crippen LogP contribution in [0.15, 0.2) is 115 Å². The molecule has 0 aliphatic carbocycles. The second-order valence-corrected chi connectivity index (χ2v) is 10.7. The molecule has 0 saturated carbocycles. The van der Waals surface area contributed by atoms with Crippen molar-refractivity contribution in [3.05, 3.63) is 132 Å². The summed E-state index contributed by atoms with van der Waals surface area (Å²) in [5, 5.41) is 1.70. The molecule has 2 nitrogen and oxygen atoms in total. The maximum Gasteiger partial charge on any atom is 0.154 e. The number of benzene rings is 4. The van der Waals surface area contributed by atoms with Gasteiger partial charge in [-0.15, -0.1) is 0 Å². The molecule has 152 valence electrons. The summed E-state index contributed by atoms with van der Waals surface area (Å²) in [6.07, 6.45) is 2.05. The largest absolute Gasteiger partial charge is 0.457 e. The molecule has 1 aliphatic rings. The van der Waals surface area contributed by atoms with Gasteiger partial charge in [0.05, 0.1) is 5.66 Å². The number of rotatable bonds is 4. The Labute approximate surface area is 183 Å². The van der Waals surface area contributed by atoms with Crippen LogP contribution >= 0.6 is 7.14 Å². The van der Waals surface area contributed by atoms with Gasteiger partial charge in [0, 0.05) is 21.7 Å². The number of aryl methyl sites for hydroxylation is 1. The van der Waals surface area contributed by atoms with Crippen molar-refractivity contribution in [2.24, 2.45) is 0 Å². The maximum absolute atomic E-state index is 15.1. The van der Waals surface area contributed by atoms with E-state index in [1.54, 1.807) is 0 Å². The fraction of sp³-hybridized carbons (Fsp3) is 0.0714. The maximum atomic E-state index is 15.1. The van der Waals surface area contributed by atoms with E-state index in [0.29, 0.717) is 0 Å². The molecule has 0 saturated heterocycles. The van der Waals surface area contributed by atoms with Crippen LogP contribution in [0.2, 0.25) is 0 Å². The summed E-state index contributed by atoms with van der Waals surface area (Å²) in [7, 11) is -3.06. The lowest BCUT2D eigenvalue weighted by Crippen LogP contribution is -2.23. The number of hydrogen-bond donors (Lipinski definition) is 0. The third kappa shape index (κ3) is 3.54. The van der Waals surface area contributed by atoms with Crippen LogP contribution in [0.5, 0.6) is 5.75 Å². The molecule has 0 bridgehead atoms. The number of fused-ring (bicyclic) bond motifs is 1. The van der Waals surface area contributed by atoms with E-state index in [4.69, 9.17) is 4.74 Å². The molecule has 0 fully saturated rings. The lowest BCUT2D eigenvalue weighted by Gasteiger charge is -2.32. The number of hydrogen-bond acceptors (Lipinski definition) is 2. The van der Waals surface area contributed by atoms with E-state index >= 15 is 4.57 Å². The van der Waals surface area contributed by atoms with Gasteiger partial charge < -0.3 is 9.30 Å². The van der Waals surface area contributed by atoms with E-state index in [9.17, 15) is 0 Å². The molecular weight excluding hydrogens is 399 g/mol. The van der Waals surface area contributed by atoms with Crippen LogP contribution < -0.4 is 15.3 Å². The first kappa shape index (κ1) is 19.6. The monoisotopic (exact) mass is 422 g/mol. The highest BCUT2D eigenvalue weighted by Crippen LogP contribution is 2.61. The summed E-state index contributed by atoms with van der Waals surface area (Å²) in [4.78, 5) is 0. The molecule has 0 aromatic heterocycles. The SMILES string of the molecule is Cc1ccc2c(c1)OC(c1ccccc1)=CC2P(=O)(c1ccccc1)c1ccccc1. The highest BCUT2D eigenvalue weighted by molar-refractivity contribution is 7.79. The van der Waals surface area contributed by atoms with Crippen molar-refractivity contribution in [1.29, 1.82) is 0 Å². The standard InChI is InChI=1S/C28H23O2P/c1-21-17-18-25-27(19-21)30-26(22-11-5-2-6-12-22)20-28(25)31(29,23-13-7-3-8-14-23)24-15-9-4-10-16-24/h2-20,28H,1H3. The average molecular weight is 422 g/mol. The molecule has 1 heterocycles. The summed E-state index contributed by atoms with van der Waals surface area (Å²) in [5.74, 6) is 1.52. The van der Waals surface area contributed by atoms with Crippen molar-refractivity contribution in [3.63, 3.8) is 0 Å². The minimum atomic E-state index is -3.06. The Balaban J connectivity index is 1.78. The van der Waals surface area contributed by atoms with E-state index in [-0.39, 0.29) is 5.66 Å². The van der Waals surface area contributed by atoms with E-state index < -0.39 is 7.14 Å². The van der Waals surface area contributed by atoms with Crippen molar-refractivity contribution in [2.45, 2.75) is 12.6 Å². The molecule has 1 unspecified atom stereocenters. The van der Waals surface area contributed by atoms with Crippen LogP contribution in [0.3, 0.4) is 0 Å². The minimum absolute atomic E-state index is 0.322. The Kier molecular flexibility index (Phi) is 5.10. The zero-order valence-corrected chi connectivity index (χ0v) is 18.2. The molecule has 4 aromatic carbocycles. The third-order valence-electron chi connectivity index (χ3n) is 5.75. The highest BCUT2D eigenvalue weighted by Gasteiger charge is 2.40. The number of allylic oxidation sites excluding steroid dienone is 1. The quantitative estimate of drug-likeness (QED) is 0.352. The van der Waals surface area contributed by atoms with Gasteiger partial charge in [-0.25, -0.2) is 0 Å². The van der Waals surface area contributed by atoms with Crippen molar-refractivity contribution in [1.82, 2.24) is 0 Å². The van der Waals surface area contributed by atoms with Crippen molar-refractivity contribution >= 4 is 23.5 Å². The van der Waals surface area contributed by atoms with Crippen LogP contribution in [-0.2, 0) is 4.57 Å². The van der Waals surface area contributed by atoms with Gasteiger partial charge in [-0.05, 0) is 24.6 Å². The molecule has 4 aromatic rings. The average Bonchev–Trinajstić information content (AvgIpc) is 2.84. The van der Waals surface area contributed by atoms with Crippen molar-refractivity contribution in [2.75, 3.05) is 0 Å².